The second-order valence-electron chi connectivity index (χ2n) is 6.46. The zero-order valence-corrected chi connectivity index (χ0v) is 15.8. The van der Waals surface area contributed by atoms with Crippen LogP contribution in [0.4, 0.5) is 11.5 Å². The SMILES string of the molecule is CC(NC(=O)C=Cc1ccccc1)C(=O)Nc1ccc(N2CCOCC2)cn1. The first-order chi connectivity index (χ1) is 13.6. The van der Waals surface area contributed by atoms with Crippen LogP contribution in [0.1, 0.15) is 12.5 Å². The van der Waals surface area contributed by atoms with E-state index in [1.54, 1.807) is 25.3 Å². The summed E-state index contributed by atoms with van der Waals surface area (Å²) in [6.07, 6.45) is 4.84. The van der Waals surface area contributed by atoms with E-state index < -0.39 is 6.04 Å². The predicted octanol–water partition coefficient (Wildman–Crippen LogP) is 2.07. The van der Waals surface area contributed by atoms with E-state index in [4.69, 9.17) is 4.74 Å². The molecule has 1 aliphatic heterocycles. The van der Waals surface area contributed by atoms with Crippen molar-refractivity contribution in [1.82, 2.24) is 10.3 Å². The van der Waals surface area contributed by atoms with E-state index >= 15 is 0 Å². The molecule has 2 heterocycles. The lowest BCUT2D eigenvalue weighted by molar-refractivity contribution is -0.123. The van der Waals surface area contributed by atoms with Crippen molar-refractivity contribution in [2.75, 3.05) is 36.5 Å². The molecule has 0 spiro atoms. The van der Waals surface area contributed by atoms with E-state index in [-0.39, 0.29) is 11.8 Å². The van der Waals surface area contributed by atoms with Crippen LogP contribution in [0.3, 0.4) is 0 Å². The average molecular weight is 380 g/mol. The van der Waals surface area contributed by atoms with E-state index in [9.17, 15) is 9.59 Å². The van der Waals surface area contributed by atoms with Crippen molar-refractivity contribution in [1.29, 1.82) is 0 Å². The molecule has 0 aliphatic carbocycles. The van der Waals surface area contributed by atoms with Gasteiger partial charge in [0.2, 0.25) is 11.8 Å². The van der Waals surface area contributed by atoms with Crippen molar-refractivity contribution in [2.24, 2.45) is 0 Å². The molecule has 1 aromatic carbocycles. The number of morpholine rings is 1. The average Bonchev–Trinajstić information content (AvgIpc) is 2.74. The van der Waals surface area contributed by atoms with E-state index in [1.807, 2.05) is 36.4 Å². The fourth-order valence-corrected chi connectivity index (χ4v) is 2.77. The van der Waals surface area contributed by atoms with Crippen molar-refractivity contribution in [3.63, 3.8) is 0 Å². The maximum Gasteiger partial charge on any atom is 0.247 e. The fourth-order valence-electron chi connectivity index (χ4n) is 2.77. The van der Waals surface area contributed by atoms with Crippen LogP contribution >= 0.6 is 0 Å². The van der Waals surface area contributed by atoms with Crippen LogP contribution in [0.5, 0.6) is 0 Å². The summed E-state index contributed by atoms with van der Waals surface area (Å²) < 4.78 is 5.34. The summed E-state index contributed by atoms with van der Waals surface area (Å²) in [5.41, 5.74) is 1.91. The van der Waals surface area contributed by atoms with Crippen LogP contribution in [0, 0.1) is 0 Å². The highest BCUT2D eigenvalue weighted by Gasteiger charge is 2.16. The number of ether oxygens (including phenoxy) is 1. The predicted molar refractivity (Wildman–Crippen MR) is 109 cm³/mol. The first-order valence-corrected chi connectivity index (χ1v) is 9.25. The minimum atomic E-state index is -0.686. The Morgan fingerprint density at radius 3 is 2.57 bits per heavy atom. The molecule has 7 heteroatoms. The van der Waals surface area contributed by atoms with Gasteiger partial charge in [-0.2, -0.15) is 0 Å². The molecule has 1 aliphatic rings. The van der Waals surface area contributed by atoms with Gasteiger partial charge in [0.25, 0.3) is 0 Å². The minimum Gasteiger partial charge on any atom is -0.378 e. The van der Waals surface area contributed by atoms with E-state index in [2.05, 4.69) is 20.5 Å². The van der Waals surface area contributed by atoms with Gasteiger partial charge >= 0.3 is 0 Å². The third-order valence-electron chi connectivity index (χ3n) is 4.35. The molecule has 2 N–H and O–H groups in total. The van der Waals surface area contributed by atoms with Crippen LogP contribution in [-0.2, 0) is 14.3 Å². The van der Waals surface area contributed by atoms with Gasteiger partial charge in [-0.1, -0.05) is 30.3 Å². The van der Waals surface area contributed by atoms with Gasteiger partial charge in [0.15, 0.2) is 0 Å². The van der Waals surface area contributed by atoms with Crippen LogP contribution in [0.2, 0.25) is 0 Å². The van der Waals surface area contributed by atoms with Crippen molar-refractivity contribution >= 4 is 29.4 Å². The Morgan fingerprint density at radius 2 is 1.89 bits per heavy atom. The Bertz CT molecular complexity index is 815. The summed E-state index contributed by atoms with van der Waals surface area (Å²) in [4.78, 5) is 30.8. The van der Waals surface area contributed by atoms with Crippen molar-refractivity contribution in [2.45, 2.75) is 13.0 Å². The van der Waals surface area contributed by atoms with E-state index in [0.29, 0.717) is 19.0 Å². The van der Waals surface area contributed by atoms with E-state index in [0.717, 1.165) is 24.3 Å². The lowest BCUT2D eigenvalue weighted by Gasteiger charge is -2.28. The van der Waals surface area contributed by atoms with Gasteiger partial charge in [0, 0.05) is 19.2 Å². The summed E-state index contributed by atoms with van der Waals surface area (Å²) in [5.74, 6) is -0.210. The van der Waals surface area contributed by atoms with Gasteiger partial charge in [-0.15, -0.1) is 0 Å². The largest absolute Gasteiger partial charge is 0.378 e. The van der Waals surface area contributed by atoms with Crippen LogP contribution in [0.25, 0.3) is 6.08 Å². The first-order valence-electron chi connectivity index (χ1n) is 9.25. The van der Waals surface area contributed by atoms with Crippen LogP contribution in [-0.4, -0.2) is 49.1 Å². The summed E-state index contributed by atoms with van der Waals surface area (Å²) in [5, 5.41) is 5.36. The number of hydrogen-bond donors (Lipinski definition) is 2. The minimum absolute atomic E-state index is 0.326. The molecule has 2 aromatic rings. The van der Waals surface area contributed by atoms with E-state index in [1.165, 1.54) is 6.08 Å². The van der Waals surface area contributed by atoms with Gasteiger partial charge in [-0.05, 0) is 30.7 Å². The lowest BCUT2D eigenvalue weighted by atomic mass is 10.2. The number of benzene rings is 1. The second kappa shape index (κ2) is 9.66. The Morgan fingerprint density at radius 1 is 1.14 bits per heavy atom. The molecule has 7 nitrogen and oxygen atoms in total. The molecule has 0 radical (unpaired) electrons. The van der Waals surface area contributed by atoms with Gasteiger partial charge in [0.1, 0.15) is 11.9 Å². The van der Waals surface area contributed by atoms with Gasteiger partial charge < -0.3 is 20.3 Å². The number of pyridine rings is 1. The third-order valence-corrected chi connectivity index (χ3v) is 4.35. The third kappa shape index (κ3) is 5.65. The lowest BCUT2D eigenvalue weighted by Crippen LogP contribution is -2.41. The summed E-state index contributed by atoms with van der Waals surface area (Å²) in [6.45, 7) is 4.69. The Labute approximate surface area is 164 Å². The zero-order valence-electron chi connectivity index (χ0n) is 15.8. The van der Waals surface area contributed by atoms with Gasteiger partial charge in [-0.3, -0.25) is 9.59 Å². The van der Waals surface area contributed by atoms with Crippen molar-refractivity contribution in [3.8, 4) is 0 Å². The molecule has 1 aromatic heterocycles. The number of anilines is 2. The molecular formula is C21H24N4O3. The van der Waals surface area contributed by atoms with Crippen molar-refractivity contribution in [3.05, 3.63) is 60.3 Å². The molecule has 1 fully saturated rings. The molecule has 2 amide bonds. The summed E-state index contributed by atoms with van der Waals surface area (Å²) >= 11 is 0. The topological polar surface area (TPSA) is 83.6 Å². The molecular weight excluding hydrogens is 356 g/mol. The smallest absolute Gasteiger partial charge is 0.247 e. The first kappa shape index (κ1) is 19.6. The van der Waals surface area contributed by atoms with Crippen molar-refractivity contribution < 1.29 is 14.3 Å². The maximum atomic E-state index is 12.3. The monoisotopic (exact) mass is 380 g/mol. The van der Waals surface area contributed by atoms with Gasteiger partial charge in [0.05, 0.1) is 25.1 Å². The molecule has 3 rings (SSSR count). The number of aromatic nitrogens is 1. The second-order valence-corrected chi connectivity index (χ2v) is 6.46. The van der Waals surface area contributed by atoms with Crippen LogP contribution < -0.4 is 15.5 Å². The standard InChI is InChI=1S/C21H24N4O3/c1-16(23-20(26)10-7-17-5-3-2-4-6-17)21(27)24-19-9-8-18(15-22-19)25-11-13-28-14-12-25/h2-10,15-16H,11-14H2,1H3,(H,23,26)(H,22,24,27). The summed E-state index contributed by atoms with van der Waals surface area (Å²) in [7, 11) is 0. The molecule has 146 valence electrons. The number of nitrogens with one attached hydrogen (secondary N) is 2. The number of rotatable bonds is 6. The highest BCUT2D eigenvalue weighted by molar-refractivity contribution is 5.99. The Kier molecular flexibility index (Phi) is 6.75. The number of nitrogens with zero attached hydrogens (tertiary/aromatic N) is 2. The molecule has 1 atom stereocenters. The summed E-state index contributed by atoms with van der Waals surface area (Å²) in [6, 6.07) is 12.5. The Hall–Kier alpha value is -3.19. The van der Waals surface area contributed by atoms with Crippen LogP contribution in [0.15, 0.2) is 54.7 Å². The molecule has 0 bridgehead atoms. The maximum absolute atomic E-state index is 12.3. The number of carbonyl (C=O) groups is 2. The molecule has 28 heavy (non-hydrogen) atoms. The normalized spacial score (nSPS) is 15.2. The molecule has 1 saturated heterocycles. The zero-order chi connectivity index (χ0) is 19.8. The molecule has 1 unspecified atom stereocenters. The van der Waals surface area contributed by atoms with Gasteiger partial charge in [-0.25, -0.2) is 4.98 Å². The quantitative estimate of drug-likeness (QED) is 0.750. The number of carbonyl (C=O) groups excluding carboxylic acids is 2. The highest BCUT2D eigenvalue weighted by atomic mass is 16.5. The Balaban J connectivity index is 1.49. The highest BCUT2D eigenvalue weighted by Crippen LogP contribution is 2.16. The fraction of sp³-hybridized carbons (Fsp3) is 0.286. The number of hydrogen-bond acceptors (Lipinski definition) is 5. The number of amides is 2. The molecule has 0 saturated carbocycles.